The van der Waals surface area contributed by atoms with Gasteiger partial charge in [0.1, 0.15) is 22.1 Å². The minimum Gasteiger partial charge on any atom is -0.456 e. The Morgan fingerprint density at radius 3 is 2.61 bits per heavy atom. The first-order chi connectivity index (χ1) is 14.8. The van der Waals surface area contributed by atoms with E-state index in [2.05, 4.69) is 15.3 Å². The number of carbonyl (C=O) groups excluding carboxylic acids is 1. The number of rotatable bonds is 6. The maximum atomic E-state index is 11.6. The van der Waals surface area contributed by atoms with Gasteiger partial charge in [0, 0.05) is 24.7 Å². The third kappa shape index (κ3) is 4.45. The normalized spacial score (nSPS) is 12.7. The van der Waals surface area contributed by atoms with Crippen molar-refractivity contribution in [1.82, 2.24) is 15.3 Å². The fourth-order valence-corrected chi connectivity index (χ4v) is 5.01. The number of hydrogen-bond acceptors (Lipinski definition) is 8. The number of nitrogens with one attached hydrogen (secondary N) is 1. The number of nitrogens with zero attached hydrogens (tertiary/aromatic N) is 2. The van der Waals surface area contributed by atoms with Gasteiger partial charge in [-0.1, -0.05) is 12.1 Å². The fourth-order valence-electron chi connectivity index (χ4n) is 2.90. The predicted octanol–water partition coefficient (Wildman–Crippen LogP) is 4.22. The minimum absolute atomic E-state index is 0.467. The van der Waals surface area contributed by atoms with Gasteiger partial charge in [-0.3, -0.25) is 9.78 Å². The molecule has 7 nitrogen and oxygen atoms in total. The van der Waals surface area contributed by atoms with Gasteiger partial charge in [-0.05, 0) is 37.6 Å². The molecule has 0 aliphatic heterocycles. The van der Waals surface area contributed by atoms with Crippen LogP contribution in [0.1, 0.15) is 31.2 Å². The molecule has 4 aromatic rings. The van der Waals surface area contributed by atoms with Crippen molar-refractivity contribution in [2.24, 2.45) is 0 Å². The van der Waals surface area contributed by atoms with E-state index in [0.717, 1.165) is 20.1 Å². The molecule has 0 bridgehead atoms. The van der Waals surface area contributed by atoms with Gasteiger partial charge in [-0.15, -0.1) is 22.7 Å². The van der Waals surface area contributed by atoms with Crippen LogP contribution >= 0.6 is 22.7 Å². The molecular weight excluding hydrogens is 434 g/mol. The summed E-state index contributed by atoms with van der Waals surface area (Å²) in [4.78, 5) is 21.5. The number of pyridine rings is 1. The Hall–Kier alpha value is -2.85. The van der Waals surface area contributed by atoms with Gasteiger partial charge < -0.3 is 20.3 Å². The number of aliphatic hydroxyl groups excluding tert-OH is 1. The number of aliphatic hydroxyl groups is 2. The van der Waals surface area contributed by atoms with Crippen molar-refractivity contribution in [3.8, 4) is 21.4 Å². The maximum Gasteiger partial charge on any atom is 0.253 e. The number of likely N-dealkylation sites (N-methyl/N-ethyl adjacent to an activating group) is 1. The zero-order chi connectivity index (χ0) is 22.2. The molecule has 9 heteroatoms. The molecule has 0 aliphatic carbocycles. The molecular formula is C22H21N3O4S2. The first kappa shape index (κ1) is 21.4. The Kier molecular flexibility index (Phi) is 5.76. The fraction of sp³-hybridized carbons (Fsp3) is 0.227. The highest BCUT2D eigenvalue weighted by Gasteiger charge is 2.21. The van der Waals surface area contributed by atoms with E-state index in [1.807, 2.05) is 11.4 Å². The number of hydrogen-bond donors (Lipinski definition) is 3. The summed E-state index contributed by atoms with van der Waals surface area (Å²) in [5, 5.41) is 25.3. The quantitative estimate of drug-likeness (QED) is 0.402. The molecule has 160 valence electrons. The molecule has 31 heavy (non-hydrogen) atoms. The second-order valence-electron chi connectivity index (χ2n) is 7.42. The van der Waals surface area contributed by atoms with Crippen molar-refractivity contribution in [2.45, 2.75) is 25.6 Å². The van der Waals surface area contributed by atoms with Gasteiger partial charge >= 0.3 is 0 Å². The van der Waals surface area contributed by atoms with E-state index in [1.165, 1.54) is 29.7 Å². The zero-order valence-corrected chi connectivity index (χ0v) is 18.8. The highest BCUT2D eigenvalue weighted by molar-refractivity contribution is 7.25. The summed E-state index contributed by atoms with van der Waals surface area (Å²) in [5.41, 5.74) is 0.920. The average molecular weight is 456 g/mol. The Morgan fingerprint density at radius 1 is 1.23 bits per heavy atom. The molecule has 0 saturated carbocycles. The molecule has 0 saturated heterocycles. The summed E-state index contributed by atoms with van der Waals surface area (Å²) in [7, 11) is 1.48. The van der Waals surface area contributed by atoms with Crippen LogP contribution in [0, 0.1) is 0 Å². The predicted molar refractivity (Wildman–Crippen MR) is 122 cm³/mol. The number of carbonyl (C=O) groups is 1. The lowest BCUT2D eigenvalue weighted by atomic mass is 10.1. The average Bonchev–Trinajstić information content (AvgIpc) is 3.40. The number of amides is 1. The largest absolute Gasteiger partial charge is 0.456 e. The van der Waals surface area contributed by atoms with Crippen molar-refractivity contribution in [3.05, 3.63) is 59.2 Å². The van der Waals surface area contributed by atoms with Crippen LogP contribution in [-0.2, 0) is 10.4 Å². The summed E-state index contributed by atoms with van der Waals surface area (Å²) in [6.45, 7) is 3.42. The molecule has 3 N–H and O–H groups in total. The number of thiazole rings is 1. The number of benzene rings is 1. The van der Waals surface area contributed by atoms with Gasteiger partial charge in [0.25, 0.3) is 5.91 Å². The van der Waals surface area contributed by atoms with Crippen LogP contribution in [0.15, 0.2) is 48.0 Å². The van der Waals surface area contributed by atoms with Crippen LogP contribution in [-0.4, -0.2) is 33.1 Å². The van der Waals surface area contributed by atoms with Gasteiger partial charge in [0.2, 0.25) is 0 Å². The molecule has 1 atom stereocenters. The molecule has 1 aromatic carbocycles. The number of ether oxygens (including phenoxy) is 1. The van der Waals surface area contributed by atoms with E-state index in [0.29, 0.717) is 22.8 Å². The standard InChI is InChI=1S/C22H21N3O4S2/c1-22(2,28)17-11-30-21(25-17)16-10-14-19(31-16)15(8-9-24-14)29-13-6-4-12(5-7-13)18(26)20(27)23-3/h4-11,18,26,28H,1-3H3,(H,23,27). The second-order valence-corrected chi connectivity index (χ2v) is 9.33. The van der Waals surface area contributed by atoms with Crippen LogP contribution in [0.5, 0.6) is 11.5 Å². The van der Waals surface area contributed by atoms with Crippen LogP contribution in [0.2, 0.25) is 0 Å². The lowest BCUT2D eigenvalue weighted by Crippen LogP contribution is -2.25. The Morgan fingerprint density at radius 2 is 1.97 bits per heavy atom. The van der Waals surface area contributed by atoms with E-state index in [4.69, 9.17) is 4.74 Å². The first-order valence-electron chi connectivity index (χ1n) is 9.51. The lowest BCUT2D eigenvalue weighted by Gasteiger charge is -2.12. The molecule has 1 amide bonds. The topological polar surface area (TPSA) is 105 Å². The zero-order valence-electron chi connectivity index (χ0n) is 17.1. The summed E-state index contributed by atoms with van der Waals surface area (Å²) >= 11 is 3.00. The van der Waals surface area contributed by atoms with Crippen LogP contribution < -0.4 is 10.1 Å². The van der Waals surface area contributed by atoms with Gasteiger partial charge in [-0.2, -0.15) is 0 Å². The van der Waals surface area contributed by atoms with Crippen molar-refractivity contribution >= 4 is 38.8 Å². The Bertz CT molecular complexity index is 1230. The number of aromatic nitrogens is 2. The Labute approximate surface area is 187 Å². The molecule has 4 rings (SSSR count). The molecule has 0 spiro atoms. The van der Waals surface area contributed by atoms with Crippen LogP contribution in [0.25, 0.3) is 20.1 Å². The molecule has 0 radical (unpaired) electrons. The van der Waals surface area contributed by atoms with E-state index >= 15 is 0 Å². The van der Waals surface area contributed by atoms with Gasteiger partial charge in [0.15, 0.2) is 6.10 Å². The highest BCUT2D eigenvalue weighted by Crippen LogP contribution is 2.40. The third-order valence-corrected chi connectivity index (χ3v) is 6.79. The van der Waals surface area contributed by atoms with Crippen molar-refractivity contribution in [2.75, 3.05) is 7.05 Å². The van der Waals surface area contributed by atoms with E-state index < -0.39 is 17.6 Å². The number of thiophene rings is 1. The molecule has 1 unspecified atom stereocenters. The maximum absolute atomic E-state index is 11.6. The monoisotopic (exact) mass is 455 g/mol. The van der Waals surface area contributed by atoms with Crippen molar-refractivity contribution < 1.29 is 19.7 Å². The van der Waals surface area contributed by atoms with Crippen molar-refractivity contribution in [1.29, 1.82) is 0 Å². The highest BCUT2D eigenvalue weighted by atomic mass is 32.1. The molecule has 0 fully saturated rings. The Balaban J connectivity index is 1.60. The van der Waals surface area contributed by atoms with Gasteiger partial charge in [0.05, 0.1) is 20.8 Å². The first-order valence-corrected chi connectivity index (χ1v) is 11.2. The van der Waals surface area contributed by atoms with Crippen LogP contribution in [0.3, 0.4) is 0 Å². The third-order valence-electron chi connectivity index (χ3n) is 4.64. The SMILES string of the molecule is CNC(=O)C(O)c1ccc(Oc2ccnc3cc(-c4nc(C(C)(C)O)cs4)sc23)cc1. The number of fused-ring (bicyclic) bond motifs is 1. The lowest BCUT2D eigenvalue weighted by molar-refractivity contribution is -0.129. The summed E-state index contributed by atoms with van der Waals surface area (Å²) < 4.78 is 6.93. The smallest absolute Gasteiger partial charge is 0.253 e. The minimum atomic E-state index is -1.22. The molecule has 3 heterocycles. The summed E-state index contributed by atoms with van der Waals surface area (Å²) in [6, 6.07) is 10.5. The van der Waals surface area contributed by atoms with E-state index in [1.54, 1.807) is 50.4 Å². The molecule has 3 aromatic heterocycles. The summed E-state index contributed by atoms with van der Waals surface area (Å²) in [6.07, 6.45) is 0.459. The van der Waals surface area contributed by atoms with E-state index in [9.17, 15) is 15.0 Å². The van der Waals surface area contributed by atoms with E-state index in [-0.39, 0.29) is 0 Å². The van der Waals surface area contributed by atoms with Crippen molar-refractivity contribution in [3.63, 3.8) is 0 Å². The molecule has 0 aliphatic rings. The van der Waals surface area contributed by atoms with Gasteiger partial charge in [-0.25, -0.2) is 4.98 Å². The van der Waals surface area contributed by atoms with Crippen LogP contribution in [0.4, 0.5) is 0 Å². The second kappa shape index (κ2) is 8.35. The summed E-state index contributed by atoms with van der Waals surface area (Å²) in [5.74, 6) is 0.763.